The van der Waals surface area contributed by atoms with Crippen LogP contribution in [-0.4, -0.2) is 82.4 Å². The van der Waals surface area contributed by atoms with Crippen molar-refractivity contribution in [3.63, 3.8) is 0 Å². The van der Waals surface area contributed by atoms with Crippen molar-refractivity contribution >= 4 is 32.6 Å². The molecule has 0 N–H and O–H groups in total. The summed E-state index contributed by atoms with van der Waals surface area (Å²) < 4.78 is 26.0. The van der Waals surface area contributed by atoms with Gasteiger partial charge in [0, 0.05) is 47.4 Å². The Morgan fingerprint density at radius 3 is 1.47 bits per heavy atom. The topological polar surface area (TPSA) is 95.0 Å². The molecule has 10 heteroatoms. The molecule has 0 saturated carbocycles. The third-order valence-corrected chi connectivity index (χ3v) is 14.3. The van der Waals surface area contributed by atoms with Crippen molar-refractivity contribution in [2.24, 2.45) is 23.7 Å². The van der Waals surface area contributed by atoms with Crippen molar-refractivity contribution in [3.05, 3.63) is 96.3 Å². The summed E-state index contributed by atoms with van der Waals surface area (Å²) in [6.45, 7) is 9.00. The van der Waals surface area contributed by atoms with Crippen LogP contribution in [0.4, 0.5) is 0 Å². The molecular weight excluding hydrogens is 725 g/mol. The van der Waals surface area contributed by atoms with Crippen LogP contribution in [0.3, 0.4) is 0 Å². The summed E-state index contributed by atoms with van der Waals surface area (Å²) in [5, 5.41) is 13.7. The predicted octanol–water partition coefficient (Wildman–Crippen LogP) is 9.22. The van der Waals surface area contributed by atoms with E-state index in [1.807, 2.05) is 36.7 Å². The van der Waals surface area contributed by atoms with Crippen LogP contribution < -0.4 is 18.9 Å². The number of benzene rings is 3. The molecule has 0 aliphatic carbocycles. The van der Waals surface area contributed by atoms with Gasteiger partial charge in [-0.05, 0) is 123 Å². The van der Waals surface area contributed by atoms with Crippen molar-refractivity contribution in [1.82, 2.24) is 30.0 Å². The Bertz CT molecular complexity index is 2280. The minimum Gasteiger partial charge on any atom is -0.497 e. The van der Waals surface area contributed by atoms with Crippen molar-refractivity contribution in [1.29, 1.82) is 0 Å². The van der Waals surface area contributed by atoms with E-state index in [-0.39, 0.29) is 24.3 Å². The van der Waals surface area contributed by atoms with Crippen molar-refractivity contribution < 1.29 is 18.9 Å². The molecule has 3 aromatic carbocycles. The molecule has 6 aliphatic rings. The Balaban J connectivity index is 1.06. The lowest BCUT2D eigenvalue weighted by atomic mass is 9.72. The van der Waals surface area contributed by atoms with Crippen LogP contribution in [0.2, 0.25) is 0 Å². The molecule has 12 rings (SSSR count). The summed E-state index contributed by atoms with van der Waals surface area (Å²) in [7, 11) is 3.42. The Morgan fingerprint density at radius 2 is 1.07 bits per heavy atom. The Labute approximate surface area is 340 Å². The first-order valence-electron chi connectivity index (χ1n) is 21.5. The molecule has 6 fully saturated rings. The number of pyridine rings is 2. The van der Waals surface area contributed by atoms with Gasteiger partial charge >= 0.3 is 0 Å². The normalized spacial score (nSPS) is 27.4. The standard InChI is InChI=1S/C48H54N6O4/c1-5-29-27-53-21-17-31(29)23-43(53)45(35-15-19-49-41-13-11-33(55-3)25-39(35)41)57-47-37-9-7-8-10-38(37)48(52-51-47)58-46(44-24-32-18-22-54(44)28-30(32)6-2)36-16-20-50-42-14-12-34(56-4)26-40(36)42/h7-16,19-20,25-26,29-32,43-46H,5-6,17-18,21-24,27-28H2,1-4H3/t29-,30-,31+,32+,43-,44+,45+,46+/m1/s1. The average Bonchev–Trinajstić information content (AvgIpc) is 3.29. The Kier molecular flexibility index (Phi) is 10.0. The fraction of sp³-hybridized carbons (Fsp3) is 0.458. The first kappa shape index (κ1) is 37.2. The quantitative estimate of drug-likeness (QED) is 0.120. The molecule has 0 radical (unpaired) electrons. The van der Waals surface area contributed by atoms with E-state index in [1.165, 1.54) is 25.7 Å². The first-order valence-corrected chi connectivity index (χ1v) is 21.5. The second-order valence-electron chi connectivity index (χ2n) is 17.0. The van der Waals surface area contributed by atoms with Gasteiger partial charge in [0.05, 0.1) is 48.1 Å². The van der Waals surface area contributed by atoms with Crippen molar-refractivity contribution in [2.45, 2.75) is 76.7 Å². The smallest absolute Gasteiger partial charge is 0.242 e. The summed E-state index contributed by atoms with van der Waals surface area (Å²) >= 11 is 0. The first-order chi connectivity index (χ1) is 28.5. The Morgan fingerprint density at radius 1 is 0.603 bits per heavy atom. The van der Waals surface area contributed by atoms with Gasteiger partial charge in [-0.3, -0.25) is 19.8 Å². The molecule has 6 saturated heterocycles. The molecule has 9 heterocycles. The van der Waals surface area contributed by atoms with E-state index in [9.17, 15) is 0 Å². The monoisotopic (exact) mass is 778 g/mol. The number of methoxy groups -OCH3 is 2. The van der Waals surface area contributed by atoms with Gasteiger partial charge < -0.3 is 18.9 Å². The molecule has 300 valence electrons. The van der Waals surface area contributed by atoms with Crippen LogP contribution in [-0.2, 0) is 0 Å². The van der Waals surface area contributed by atoms with Gasteiger partial charge in [-0.2, -0.15) is 0 Å². The van der Waals surface area contributed by atoms with E-state index < -0.39 is 0 Å². The molecule has 10 atom stereocenters. The van der Waals surface area contributed by atoms with E-state index >= 15 is 0 Å². The van der Waals surface area contributed by atoms with Crippen molar-refractivity contribution in [3.8, 4) is 23.3 Å². The maximum atomic E-state index is 7.30. The maximum absolute atomic E-state index is 7.30. The molecule has 2 unspecified atom stereocenters. The van der Waals surface area contributed by atoms with Crippen molar-refractivity contribution in [2.75, 3.05) is 40.4 Å². The van der Waals surface area contributed by atoms with Gasteiger partial charge in [0.25, 0.3) is 0 Å². The largest absolute Gasteiger partial charge is 0.497 e. The number of rotatable bonds is 12. The van der Waals surface area contributed by atoms with Crippen LogP contribution in [0.5, 0.6) is 23.3 Å². The lowest BCUT2D eigenvalue weighted by molar-refractivity contribution is -0.0505. The summed E-state index contributed by atoms with van der Waals surface area (Å²) in [5.74, 6) is 5.39. The number of hydrogen-bond donors (Lipinski definition) is 0. The zero-order valence-corrected chi connectivity index (χ0v) is 34.1. The lowest BCUT2D eigenvalue weighted by Crippen LogP contribution is -2.56. The van der Waals surface area contributed by atoms with Crippen LogP contribution in [0.15, 0.2) is 85.2 Å². The number of piperidine rings is 6. The SMILES string of the molecule is CC[C@@H]1CN2CC[C@H]1C[C@@H]2[C@@H](Oc1nnc(O[C@@H](c2ccnc3ccc(OC)cc23)[C@@H]2C[C@@H]3CCN2C[C@H]3CC)c2ccccc12)c1ccnc2ccc(OC)cc12. The Hall–Kier alpha value is -5.06. The van der Waals surface area contributed by atoms with E-state index in [4.69, 9.17) is 39.1 Å². The molecule has 0 amide bonds. The predicted molar refractivity (Wildman–Crippen MR) is 227 cm³/mol. The second kappa shape index (κ2) is 15.6. The van der Waals surface area contributed by atoms with E-state index in [0.29, 0.717) is 35.4 Å². The fourth-order valence-corrected chi connectivity index (χ4v) is 11.1. The molecule has 6 aromatic rings. The minimum absolute atomic E-state index is 0.180. The van der Waals surface area contributed by atoms with E-state index in [1.54, 1.807) is 14.2 Å². The van der Waals surface area contributed by atoms with Gasteiger partial charge in [0.2, 0.25) is 11.8 Å². The molecule has 58 heavy (non-hydrogen) atoms. The zero-order valence-electron chi connectivity index (χ0n) is 34.1. The summed E-state index contributed by atoms with van der Waals surface area (Å²) in [5.41, 5.74) is 4.01. The third-order valence-electron chi connectivity index (χ3n) is 14.3. The van der Waals surface area contributed by atoms with Gasteiger partial charge in [-0.25, -0.2) is 0 Å². The zero-order chi connectivity index (χ0) is 39.3. The second-order valence-corrected chi connectivity index (χ2v) is 17.0. The molecule has 4 bridgehead atoms. The molecule has 10 nitrogen and oxygen atoms in total. The fourth-order valence-electron chi connectivity index (χ4n) is 11.1. The highest BCUT2D eigenvalue weighted by Crippen LogP contribution is 2.47. The molecule has 3 aromatic heterocycles. The lowest BCUT2D eigenvalue weighted by Gasteiger charge is -2.52. The van der Waals surface area contributed by atoms with Gasteiger partial charge in [-0.1, -0.05) is 38.8 Å². The molecule has 0 spiro atoms. The van der Waals surface area contributed by atoms with E-state index in [2.05, 4.69) is 72.2 Å². The van der Waals surface area contributed by atoms with Crippen LogP contribution in [0.1, 0.15) is 75.7 Å². The van der Waals surface area contributed by atoms with Crippen LogP contribution >= 0.6 is 0 Å². The van der Waals surface area contributed by atoms with Gasteiger partial charge in [0.1, 0.15) is 23.7 Å². The highest BCUT2D eigenvalue weighted by molar-refractivity contribution is 5.91. The summed E-state index contributed by atoms with van der Waals surface area (Å²) in [4.78, 5) is 14.8. The summed E-state index contributed by atoms with van der Waals surface area (Å²) in [6, 6.07) is 25.1. The highest BCUT2D eigenvalue weighted by Gasteiger charge is 2.46. The maximum Gasteiger partial charge on any atom is 0.242 e. The number of nitrogens with zero attached hydrogens (tertiary/aromatic N) is 6. The number of aromatic nitrogens is 4. The summed E-state index contributed by atoms with van der Waals surface area (Å²) in [6.07, 6.45) is 10.2. The van der Waals surface area contributed by atoms with E-state index in [0.717, 1.165) is 94.2 Å². The number of fused-ring (bicyclic) bond motifs is 9. The number of ether oxygens (including phenoxy) is 4. The number of hydrogen-bond acceptors (Lipinski definition) is 10. The van der Waals surface area contributed by atoms with Crippen LogP contribution in [0, 0.1) is 23.7 Å². The highest BCUT2D eigenvalue weighted by atomic mass is 16.5. The third kappa shape index (κ3) is 6.58. The molecule has 6 aliphatic heterocycles. The van der Waals surface area contributed by atoms with Crippen LogP contribution in [0.25, 0.3) is 32.6 Å². The van der Waals surface area contributed by atoms with Gasteiger partial charge in [-0.15, -0.1) is 10.2 Å². The van der Waals surface area contributed by atoms with Gasteiger partial charge in [0.15, 0.2) is 0 Å². The average molecular weight is 779 g/mol. The molecular formula is C48H54N6O4. The minimum atomic E-state index is -0.300.